The van der Waals surface area contributed by atoms with Crippen molar-refractivity contribution in [2.24, 2.45) is 0 Å². The lowest BCUT2D eigenvalue weighted by atomic mass is 10.1. The highest BCUT2D eigenvalue weighted by Crippen LogP contribution is 2.28. The maximum atomic E-state index is 11.9. The number of hydrogen-bond acceptors (Lipinski definition) is 4. The van der Waals surface area contributed by atoms with Gasteiger partial charge in [-0.2, -0.15) is 8.42 Å². The Hall–Kier alpha value is -0.490. The van der Waals surface area contributed by atoms with Crippen LogP contribution in [0.15, 0.2) is 18.2 Å². The Kier molecular flexibility index (Phi) is 5.55. The van der Waals surface area contributed by atoms with Crippen LogP contribution in [0.4, 0.5) is 0 Å². The minimum absolute atomic E-state index is 0.0358. The fourth-order valence-electron chi connectivity index (χ4n) is 2.15. The van der Waals surface area contributed by atoms with Crippen molar-refractivity contribution in [1.82, 2.24) is 4.90 Å². The van der Waals surface area contributed by atoms with Gasteiger partial charge in [-0.15, -0.1) is 0 Å². The molecule has 4 nitrogen and oxygen atoms in total. The monoisotopic (exact) mass is 337 g/mol. The lowest BCUT2D eigenvalue weighted by Crippen LogP contribution is -2.34. The molecule has 0 aromatic heterocycles. The molecule has 0 unspecified atom stereocenters. The highest BCUT2D eigenvalue weighted by molar-refractivity contribution is 7.87. The largest absolute Gasteiger partial charge is 0.381 e. The normalized spacial score (nSPS) is 17.1. The van der Waals surface area contributed by atoms with Gasteiger partial charge >= 0.3 is 10.1 Å². The van der Waals surface area contributed by atoms with Crippen molar-refractivity contribution in [2.75, 3.05) is 25.4 Å². The maximum absolute atomic E-state index is 11.9. The molecule has 1 fully saturated rings. The zero-order chi connectivity index (χ0) is 14.6. The first-order chi connectivity index (χ1) is 9.46. The number of benzene rings is 1. The van der Waals surface area contributed by atoms with Gasteiger partial charge in [-0.3, -0.25) is 0 Å². The minimum Gasteiger partial charge on any atom is -0.381 e. The van der Waals surface area contributed by atoms with Crippen molar-refractivity contribution in [3.63, 3.8) is 0 Å². The Labute approximate surface area is 129 Å². The fraction of sp³-hybridized carbons (Fsp3) is 0.538. The summed E-state index contributed by atoms with van der Waals surface area (Å²) in [5.74, 6) is 0.0843. The second kappa shape index (κ2) is 6.98. The van der Waals surface area contributed by atoms with Gasteiger partial charge in [-0.05, 0) is 44.1 Å². The molecule has 2 rings (SSSR count). The van der Waals surface area contributed by atoms with Crippen LogP contribution in [0, 0.1) is 0 Å². The van der Waals surface area contributed by atoms with Crippen LogP contribution in [0.25, 0.3) is 0 Å². The molecule has 0 radical (unpaired) electrons. The molecular formula is C13H17Cl2NO3S. The first kappa shape index (κ1) is 15.9. The Morgan fingerprint density at radius 3 is 2.50 bits per heavy atom. The van der Waals surface area contributed by atoms with Crippen LogP contribution < -0.4 is 4.18 Å². The summed E-state index contributed by atoms with van der Waals surface area (Å²) in [5, 5.41) is 0.632. The number of piperidine rings is 1. The van der Waals surface area contributed by atoms with E-state index in [1.165, 1.54) is 18.6 Å². The standard InChI is InChI=1S/C13H17Cl2NO3S/c14-11-4-5-13(12(15)10-11)19-20(17,18)9-8-16-6-2-1-3-7-16/h4-5,10H,1-3,6-9H2. The Balaban J connectivity index is 1.93. The molecule has 0 saturated carbocycles. The third-order valence-electron chi connectivity index (χ3n) is 3.22. The van der Waals surface area contributed by atoms with Gasteiger partial charge in [0.05, 0.1) is 10.8 Å². The van der Waals surface area contributed by atoms with E-state index in [9.17, 15) is 8.42 Å². The lowest BCUT2D eigenvalue weighted by molar-refractivity contribution is 0.240. The van der Waals surface area contributed by atoms with Gasteiger partial charge in [0, 0.05) is 11.6 Å². The van der Waals surface area contributed by atoms with Crippen LogP contribution in [0.1, 0.15) is 19.3 Å². The molecule has 7 heteroatoms. The molecule has 0 amide bonds. The number of hydrogen-bond donors (Lipinski definition) is 0. The molecule has 0 spiro atoms. The van der Waals surface area contributed by atoms with Crippen LogP contribution in [0.3, 0.4) is 0 Å². The third-order valence-corrected chi connectivity index (χ3v) is 4.86. The minimum atomic E-state index is -3.64. The van der Waals surface area contributed by atoms with E-state index in [1.807, 2.05) is 0 Å². The summed E-state index contributed by atoms with van der Waals surface area (Å²) in [6.07, 6.45) is 3.48. The predicted octanol–water partition coefficient (Wildman–Crippen LogP) is 3.19. The Bertz CT molecular complexity index is 557. The SMILES string of the molecule is O=S(=O)(CCN1CCCCC1)Oc1ccc(Cl)cc1Cl. The molecule has 1 aliphatic rings. The van der Waals surface area contributed by atoms with Crippen LogP contribution in [0.2, 0.25) is 10.0 Å². The number of likely N-dealkylation sites (tertiary alicyclic amines) is 1. The van der Waals surface area contributed by atoms with Gasteiger partial charge in [0.25, 0.3) is 0 Å². The van der Waals surface area contributed by atoms with Crippen molar-refractivity contribution in [2.45, 2.75) is 19.3 Å². The smallest absolute Gasteiger partial charge is 0.310 e. The third kappa shape index (κ3) is 4.81. The van der Waals surface area contributed by atoms with E-state index in [-0.39, 0.29) is 16.5 Å². The molecule has 0 N–H and O–H groups in total. The van der Waals surface area contributed by atoms with E-state index in [1.54, 1.807) is 6.07 Å². The van der Waals surface area contributed by atoms with E-state index in [0.29, 0.717) is 11.6 Å². The molecule has 1 aliphatic heterocycles. The van der Waals surface area contributed by atoms with Crippen molar-refractivity contribution >= 4 is 33.3 Å². The van der Waals surface area contributed by atoms with Crippen molar-refractivity contribution in [3.8, 4) is 5.75 Å². The average Bonchev–Trinajstić information content (AvgIpc) is 2.41. The highest BCUT2D eigenvalue weighted by Gasteiger charge is 2.18. The first-order valence-corrected chi connectivity index (χ1v) is 8.89. The van der Waals surface area contributed by atoms with Crippen molar-refractivity contribution in [3.05, 3.63) is 28.2 Å². The second-order valence-electron chi connectivity index (χ2n) is 4.82. The molecule has 0 aliphatic carbocycles. The zero-order valence-electron chi connectivity index (χ0n) is 11.0. The summed E-state index contributed by atoms with van der Waals surface area (Å²) in [7, 11) is -3.64. The molecule has 1 aromatic rings. The summed E-state index contributed by atoms with van der Waals surface area (Å²) < 4.78 is 28.9. The highest BCUT2D eigenvalue weighted by atomic mass is 35.5. The molecule has 1 aromatic carbocycles. The zero-order valence-corrected chi connectivity index (χ0v) is 13.3. The summed E-state index contributed by atoms with van der Waals surface area (Å²) in [6, 6.07) is 4.46. The van der Waals surface area contributed by atoms with E-state index < -0.39 is 10.1 Å². The van der Waals surface area contributed by atoms with Gasteiger partial charge < -0.3 is 9.08 Å². The molecule has 20 heavy (non-hydrogen) atoms. The number of nitrogens with zero attached hydrogens (tertiary/aromatic N) is 1. The van der Waals surface area contributed by atoms with Crippen LogP contribution >= 0.6 is 23.2 Å². The van der Waals surface area contributed by atoms with Gasteiger partial charge in [0.15, 0.2) is 5.75 Å². The van der Waals surface area contributed by atoms with Crippen molar-refractivity contribution < 1.29 is 12.6 Å². The van der Waals surface area contributed by atoms with Gasteiger partial charge in [0.1, 0.15) is 0 Å². The summed E-state index contributed by atoms with van der Waals surface area (Å²) in [5.41, 5.74) is 0. The van der Waals surface area contributed by atoms with E-state index in [0.717, 1.165) is 25.9 Å². The Morgan fingerprint density at radius 1 is 1.15 bits per heavy atom. The molecular weight excluding hydrogens is 321 g/mol. The van der Waals surface area contributed by atoms with Gasteiger partial charge in [0.2, 0.25) is 0 Å². The van der Waals surface area contributed by atoms with E-state index in [2.05, 4.69) is 4.90 Å². The lowest BCUT2D eigenvalue weighted by Gasteiger charge is -2.25. The van der Waals surface area contributed by atoms with Crippen LogP contribution in [0.5, 0.6) is 5.75 Å². The predicted molar refractivity (Wildman–Crippen MR) is 81.2 cm³/mol. The number of rotatable bonds is 5. The maximum Gasteiger partial charge on any atom is 0.310 e. The topological polar surface area (TPSA) is 46.6 Å². The van der Waals surface area contributed by atoms with E-state index in [4.69, 9.17) is 27.4 Å². The second-order valence-corrected chi connectivity index (χ2v) is 7.36. The van der Waals surface area contributed by atoms with Gasteiger partial charge in [-0.1, -0.05) is 29.6 Å². The summed E-state index contributed by atoms with van der Waals surface area (Å²) >= 11 is 11.7. The van der Waals surface area contributed by atoms with E-state index >= 15 is 0 Å². The average molecular weight is 338 g/mol. The summed E-state index contributed by atoms with van der Waals surface area (Å²) in [6.45, 7) is 2.40. The molecule has 112 valence electrons. The fourth-order valence-corrected chi connectivity index (χ4v) is 3.62. The van der Waals surface area contributed by atoms with Crippen LogP contribution in [-0.4, -0.2) is 38.7 Å². The number of halogens is 2. The first-order valence-electron chi connectivity index (χ1n) is 6.56. The quantitative estimate of drug-likeness (QED) is 0.774. The molecule has 1 heterocycles. The molecule has 1 saturated heterocycles. The van der Waals surface area contributed by atoms with Crippen molar-refractivity contribution in [1.29, 1.82) is 0 Å². The van der Waals surface area contributed by atoms with Gasteiger partial charge in [-0.25, -0.2) is 0 Å². The Morgan fingerprint density at radius 2 is 1.85 bits per heavy atom. The summed E-state index contributed by atoms with van der Waals surface area (Å²) in [4.78, 5) is 2.15. The van der Waals surface area contributed by atoms with Crippen LogP contribution in [-0.2, 0) is 10.1 Å². The molecule has 0 bridgehead atoms. The molecule has 0 atom stereocenters.